The number of fused-ring (bicyclic) bond motifs is 1. The predicted octanol–water partition coefficient (Wildman–Crippen LogP) is 4.00. The highest BCUT2D eigenvalue weighted by Gasteiger charge is 2.57. The van der Waals surface area contributed by atoms with E-state index in [1.807, 2.05) is 16.6 Å². The summed E-state index contributed by atoms with van der Waals surface area (Å²) < 4.78 is 28.2. The average molecular weight is 458 g/mol. The predicted molar refractivity (Wildman–Crippen MR) is 117 cm³/mol. The Hall–Kier alpha value is -2.58. The van der Waals surface area contributed by atoms with E-state index >= 15 is 0 Å². The number of alkyl halides is 2. The Balaban J connectivity index is 1.11. The fourth-order valence-electron chi connectivity index (χ4n) is 5.82. The van der Waals surface area contributed by atoms with Crippen molar-refractivity contribution in [2.75, 3.05) is 18.4 Å². The smallest absolute Gasteiger partial charge is 0.252 e. The van der Waals surface area contributed by atoms with E-state index in [2.05, 4.69) is 21.5 Å². The van der Waals surface area contributed by atoms with E-state index in [4.69, 9.17) is 0 Å². The first kappa shape index (κ1) is 21.0. The largest absolute Gasteiger partial charge is 0.343 e. The second-order valence-electron chi connectivity index (χ2n) is 10.6. The maximum atomic E-state index is 13.2. The van der Waals surface area contributed by atoms with Crippen LogP contribution in [-0.2, 0) is 9.59 Å². The first-order valence-corrected chi connectivity index (χ1v) is 12.1. The first-order valence-electron chi connectivity index (χ1n) is 12.1. The van der Waals surface area contributed by atoms with Crippen LogP contribution >= 0.6 is 0 Å². The van der Waals surface area contributed by atoms with Crippen molar-refractivity contribution >= 4 is 23.4 Å². The third-order valence-electron chi connectivity index (χ3n) is 8.25. The molecule has 4 aliphatic rings. The van der Waals surface area contributed by atoms with Crippen molar-refractivity contribution in [3.05, 3.63) is 23.9 Å². The molecule has 2 aromatic heterocycles. The molecule has 1 saturated heterocycles. The molecule has 1 N–H and O–H groups in total. The number of piperidine rings is 1. The number of nitrogens with zero attached hydrogens (tertiary/aromatic N) is 4. The van der Waals surface area contributed by atoms with Crippen LogP contribution in [0.3, 0.4) is 0 Å². The van der Waals surface area contributed by atoms with E-state index in [9.17, 15) is 18.4 Å². The van der Waals surface area contributed by atoms with Gasteiger partial charge in [0.2, 0.25) is 17.8 Å². The normalized spacial score (nSPS) is 27.8. The van der Waals surface area contributed by atoms with Gasteiger partial charge in [0, 0.05) is 49.4 Å². The van der Waals surface area contributed by atoms with Crippen LogP contribution in [0.1, 0.15) is 69.4 Å². The molecule has 1 aliphatic heterocycles. The fourth-order valence-corrected chi connectivity index (χ4v) is 5.82. The lowest BCUT2D eigenvalue weighted by Crippen LogP contribution is -2.42. The molecule has 7 nitrogen and oxygen atoms in total. The molecule has 3 aliphatic carbocycles. The SMILES string of the molecule is O=C(Nc1nc2cccc([C@@H]3CCC4(CCN(C(=O)CC5CC5(F)F)CC4)C3)n2n1)C1CC1. The second-order valence-corrected chi connectivity index (χ2v) is 10.6. The summed E-state index contributed by atoms with van der Waals surface area (Å²) in [5.74, 6) is -2.69. The van der Waals surface area contributed by atoms with Gasteiger partial charge in [-0.15, -0.1) is 5.10 Å². The summed E-state index contributed by atoms with van der Waals surface area (Å²) in [4.78, 5) is 30.8. The minimum absolute atomic E-state index is 0.000938. The van der Waals surface area contributed by atoms with Gasteiger partial charge < -0.3 is 4.90 Å². The minimum Gasteiger partial charge on any atom is -0.343 e. The van der Waals surface area contributed by atoms with Crippen molar-refractivity contribution in [1.29, 1.82) is 0 Å². The summed E-state index contributed by atoms with van der Waals surface area (Å²) in [6, 6.07) is 5.99. The molecule has 0 radical (unpaired) electrons. The van der Waals surface area contributed by atoms with E-state index in [1.165, 1.54) is 0 Å². The second kappa shape index (κ2) is 7.46. The molecule has 2 amide bonds. The Morgan fingerprint density at radius 2 is 1.85 bits per heavy atom. The summed E-state index contributed by atoms with van der Waals surface area (Å²) in [6.07, 6.45) is 6.72. The van der Waals surface area contributed by atoms with Gasteiger partial charge in [-0.3, -0.25) is 14.9 Å². The molecule has 3 saturated carbocycles. The number of hydrogen-bond donors (Lipinski definition) is 1. The monoisotopic (exact) mass is 457 g/mol. The van der Waals surface area contributed by atoms with Crippen LogP contribution in [0.2, 0.25) is 0 Å². The lowest BCUT2D eigenvalue weighted by Gasteiger charge is -2.39. The molecule has 0 aromatic carbocycles. The fraction of sp³-hybridized carbons (Fsp3) is 0.667. The van der Waals surface area contributed by atoms with Crippen molar-refractivity contribution in [3.63, 3.8) is 0 Å². The molecule has 1 spiro atoms. The number of hydrogen-bond acceptors (Lipinski definition) is 4. The number of nitrogens with one attached hydrogen (secondary N) is 1. The molecule has 9 heteroatoms. The topological polar surface area (TPSA) is 79.6 Å². The van der Waals surface area contributed by atoms with Crippen LogP contribution in [0.5, 0.6) is 0 Å². The van der Waals surface area contributed by atoms with E-state index in [1.54, 1.807) is 4.90 Å². The van der Waals surface area contributed by atoms with Crippen molar-refractivity contribution in [3.8, 4) is 0 Å². The summed E-state index contributed by atoms with van der Waals surface area (Å²) in [5, 5.41) is 7.42. The number of anilines is 1. The van der Waals surface area contributed by atoms with Crippen LogP contribution in [0.15, 0.2) is 18.2 Å². The van der Waals surface area contributed by atoms with Crippen molar-refractivity contribution in [2.45, 2.75) is 69.6 Å². The zero-order valence-corrected chi connectivity index (χ0v) is 18.6. The van der Waals surface area contributed by atoms with Crippen LogP contribution in [0, 0.1) is 17.3 Å². The lowest BCUT2D eigenvalue weighted by atomic mass is 9.76. The van der Waals surface area contributed by atoms with Crippen molar-refractivity contribution in [2.24, 2.45) is 17.3 Å². The maximum Gasteiger partial charge on any atom is 0.252 e. The number of rotatable bonds is 5. The molecule has 33 heavy (non-hydrogen) atoms. The van der Waals surface area contributed by atoms with Gasteiger partial charge in [-0.2, -0.15) is 4.98 Å². The first-order chi connectivity index (χ1) is 15.8. The molecule has 0 bridgehead atoms. The zero-order valence-electron chi connectivity index (χ0n) is 18.6. The standard InChI is InChI=1S/C24H29F2N5O2/c25-24(26)14-17(24)12-20(32)30-10-8-23(9-11-30)7-6-16(13-23)18-2-1-3-19-27-22(29-31(18)19)28-21(33)15-4-5-15/h1-3,15-17H,4-14H2,(H,28,29,33)/t16-,17?/m1/s1. The molecular formula is C24H29F2N5O2. The lowest BCUT2D eigenvalue weighted by molar-refractivity contribution is -0.134. The molecule has 2 aromatic rings. The maximum absolute atomic E-state index is 13.2. The molecule has 2 atom stereocenters. The highest BCUT2D eigenvalue weighted by Crippen LogP contribution is 2.53. The quantitative estimate of drug-likeness (QED) is 0.736. The average Bonchev–Trinajstić information content (AvgIpc) is 3.64. The van der Waals surface area contributed by atoms with Gasteiger partial charge in [0.1, 0.15) is 0 Å². The third kappa shape index (κ3) is 3.99. The molecule has 4 fully saturated rings. The van der Waals surface area contributed by atoms with Gasteiger partial charge in [-0.1, -0.05) is 6.07 Å². The number of carbonyl (C=O) groups excluding carboxylic acids is 2. The van der Waals surface area contributed by atoms with Gasteiger partial charge in [0.05, 0.1) is 0 Å². The van der Waals surface area contributed by atoms with E-state index in [0.29, 0.717) is 25.0 Å². The van der Waals surface area contributed by atoms with Crippen molar-refractivity contribution < 1.29 is 18.4 Å². The summed E-state index contributed by atoms with van der Waals surface area (Å²) in [5.41, 5.74) is 2.03. The molecular weight excluding hydrogens is 428 g/mol. The van der Waals surface area contributed by atoms with Crippen LogP contribution in [0.4, 0.5) is 14.7 Å². The number of carbonyl (C=O) groups is 2. The molecule has 6 rings (SSSR count). The Bertz CT molecular complexity index is 1100. The van der Waals surface area contributed by atoms with Gasteiger partial charge in [0.25, 0.3) is 5.92 Å². The third-order valence-corrected chi connectivity index (χ3v) is 8.25. The summed E-state index contributed by atoms with van der Waals surface area (Å²) in [7, 11) is 0. The molecule has 3 heterocycles. The van der Waals surface area contributed by atoms with Gasteiger partial charge in [-0.05, 0) is 62.5 Å². The summed E-state index contributed by atoms with van der Waals surface area (Å²) >= 11 is 0. The van der Waals surface area contributed by atoms with Crippen LogP contribution in [-0.4, -0.2) is 50.3 Å². The zero-order chi connectivity index (χ0) is 22.8. The summed E-state index contributed by atoms with van der Waals surface area (Å²) in [6.45, 7) is 1.32. The van der Waals surface area contributed by atoms with Crippen LogP contribution in [0.25, 0.3) is 5.65 Å². The van der Waals surface area contributed by atoms with Gasteiger partial charge in [-0.25, -0.2) is 13.3 Å². The number of aromatic nitrogens is 3. The van der Waals surface area contributed by atoms with Gasteiger partial charge >= 0.3 is 0 Å². The Morgan fingerprint density at radius 3 is 2.55 bits per heavy atom. The highest BCUT2D eigenvalue weighted by atomic mass is 19.3. The van der Waals surface area contributed by atoms with E-state index in [-0.39, 0.29) is 36.0 Å². The van der Waals surface area contributed by atoms with Crippen molar-refractivity contribution in [1.82, 2.24) is 19.5 Å². The molecule has 1 unspecified atom stereocenters. The van der Waals surface area contributed by atoms with Crippen LogP contribution < -0.4 is 5.32 Å². The van der Waals surface area contributed by atoms with E-state index < -0.39 is 11.8 Å². The van der Waals surface area contributed by atoms with Gasteiger partial charge in [0.15, 0.2) is 5.65 Å². The Morgan fingerprint density at radius 1 is 1.09 bits per heavy atom. The number of halogens is 2. The Labute approximate surface area is 190 Å². The van der Waals surface area contributed by atoms with E-state index in [0.717, 1.165) is 56.3 Å². The Kier molecular flexibility index (Phi) is 4.75. The number of pyridine rings is 1. The molecule has 176 valence electrons. The minimum atomic E-state index is -2.63. The number of amides is 2. The highest BCUT2D eigenvalue weighted by molar-refractivity contribution is 5.92. The number of likely N-dealkylation sites (tertiary alicyclic amines) is 1.